The second kappa shape index (κ2) is 79.5. The summed E-state index contributed by atoms with van der Waals surface area (Å²) < 4.78 is 193. The first kappa shape index (κ1) is 139. The summed E-state index contributed by atoms with van der Waals surface area (Å²) in [7, 11) is -8.89. The number of carbonyl (C=O) groups is 6. The lowest BCUT2D eigenvalue weighted by Crippen LogP contribution is -2.46. The van der Waals surface area contributed by atoms with E-state index in [0.29, 0.717) is 161 Å². The van der Waals surface area contributed by atoms with Crippen LogP contribution in [0.15, 0.2) is 84.9 Å². The van der Waals surface area contributed by atoms with Gasteiger partial charge in [-0.1, -0.05) is 112 Å². The van der Waals surface area contributed by atoms with E-state index in [1.807, 2.05) is 88.0 Å². The van der Waals surface area contributed by atoms with Crippen molar-refractivity contribution in [3.05, 3.63) is 102 Å². The number of hydrogen-bond donors (Lipinski definition) is 4. The van der Waals surface area contributed by atoms with Gasteiger partial charge in [0, 0.05) is 83.6 Å². The Bertz CT molecular complexity index is 4200. The van der Waals surface area contributed by atoms with Crippen molar-refractivity contribution in [1.29, 1.82) is 0 Å². The molecule has 3 aromatic carbocycles. The highest BCUT2D eigenvalue weighted by molar-refractivity contribution is 8.00. The molecule has 3 fully saturated rings. The normalized spacial score (nSPS) is 16.7. The molecule has 8 atom stereocenters. The van der Waals surface area contributed by atoms with Crippen molar-refractivity contribution in [2.75, 3.05) is 232 Å². The number of phosphoric acid groups is 4. The van der Waals surface area contributed by atoms with Crippen LogP contribution in [0.3, 0.4) is 0 Å². The standard InChI is InChI=1S/C31H60N3O12PS.C31H42NO6P.C23H42NO10P.C18H37O9P/c1-6-39-14-15-40-16-17-41-18-19-42-20-21-43-22-23-45-47(37,46-31(2,3)4)44-13-11-25(38-5)10-12-32-28(35)9-7-8-27-29-26(24-48-27)33-30(36)34-29;1-25(2)37-39(33,38-30(3,4)5)36-24-23-35-22-21-32-31(26-13-9-7-10-14-26,27-15-11-8-12-16-27)28-17-19-29(34-6)20-18-28;1-23(2,3)34-35(28,32-19-18-30-17-16-29-4)31-15-11-9-7-5-6-8-10-12-22(27)33-24-20(25)13-14-21(24)26;1-6-9-22-11-12-23-13-14-24-15-16-26-28(20,27-18(2,3)4)25-10-7-8-17(19)21-5/h25-27,29H,6-24H2,1-5H3,(H,32,35)(H2,33,34,36);7-20,25,32H,21-24H2,1-6H3;5-19H2,1-4H3;6-16H2,1-5H3. The quantitative estimate of drug-likeness (QED) is 0.0102. The zero-order valence-electron chi connectivity index (χ0n) is 92.9. The summed E-state index contributed by atoms with van der Waals surface area (Å²) in [5.74, 6) is -0.160. The van der Waals surface area contributed by atoms with Crippen molar-refractivity contribution in [3.8, 4) is 5.75 Å². The van der Waals surface area contributed by atoms with Gasteiger partial charge in [0.2, 0.25) is 5.91 Å². The number of esters is 1. The lowest BCUT2D eigenvalue weighted by atomic mass is 9.77. The second-order valence-electron chi connectivity index (χ2n) is 38.7. The second-order valence-corrected chi connectivity index (χ2v) is 46.3. The molecule has 866 valence electrons. The molecule has 3 aliphatic rings. The molecule has 47 heteroatoms. The van der Waals surface area contributed by atoms with E-state index < -0.39 is 77.0 Å². The first-order chi connectivity index (χ1) is 71.4. The first-order valence-corrected chi connectivity index (χ1v) is 59.1. The van der Waals surface area contributed by atoms with Crippen LogP contribution in [0.25, 0.3) is 0 Å². The molecular weight excluding hydrogens is 2060 g/mol. The Morgan fingerprint density at radius 2 is 0.820 bits per heavy atom. The van der Waals surface area contributed by atoms with Gasteiger partial charge in [-0.3, -0.25) is 78.8 Å². The van der Waals surface area contributed by atoms with Crippen LogP contribution in [0, 0.1) is 0 Å². The maximum atomic E-state index is 13.3. The number of urea groups is 1. The summed E-state index contributed by atoms with van der Waals surface area (Å²) in [4.78, 5) is 74.5. The molecule has 0 aromatic heterocycles. The van der Waals surface area contributed by atoms with Gasteiger partial charge in [0.05, 0.1) is 238 Å². The largest absolute Gasteiger partial charge is 0.497 e. The molecule has 3 aromatic rings. The number of nitrogens with zero attached hydrogens (tertiary/aromatic N) is 1. The Labute approximate surface area is 896 Å². The molecule has 0 aliphatic carbocycles. The average Bonchev–Trinajstić information content (AvgIpc) is 1.06. The zero-order valence-corrected chi connectivity index (χ0v) is 97.3. The number of benzene rings is 3. The van der Waals surface area contributed by atoms with Crippen LogP contribution in [-0.4, -0.2) is 325 Å². The molecule has 0 radical (unpaired) electrons. The van der Waals surface area contributed by atoms with E-state index in [0.717, 1.165) is 92.6 Å². The Morgan fingerprint density at radius 3 is 1.26 bits per heavy atom. The number of methoxy groups -OCH3 is 4. The van der Waals surface area contributed by atoms with Crippen molar-refractivity contribution < 1.29 is 172 Å². The average molecular weight is 2240 g/mol. The minimum Gasteiger partial charge on any atom is -0.497 e. The lowest BCUT2D eigenvalue weighted by molar-refractivity contribution is -0.197. The Balaban J connectivity index is 0.000000523. The van der Waals surface area contributed by atoms with E-state index in [9.17, 15) is 47.0 Å². The van der Waals surface area contributed by atoms with Crippen LogP contribution >= 0.6 is 43.1 Å². The number of imide groups is 1. The van der Waals surface area contributed by atoms with Crippen LogP contribution in [0.4, 0.5) is 4.79 Å². The summed E-state index contributed by atoms with van der Waals surface area (Å²) in [6, 6.07) is 29.1. The molecule has 6 rings (SSSR count). The van der Waals surface area contributed by atoms with Gasteiger partial charge < -0.3 is 87.1 Å². The van der Waals surface area contributed by atoms with Gasteiger partial charge in [-0.2, -0.15) is 11.8 Å². The number of amides is 5. The topological polar surface area (TPSA) is 471 Å². The molecule has 8 unspecified atom stereocenters. The molecule has 3 aliphatic heterocycles. The number of fused-ring (bicyclic) bond motifs is 1. The maximum Gasteiger partial charge on any atom is 0.475 e. The van der Waals surface area contributed by atoms with Crippen LogP contribution < -0.4 is 26.0 Å². The number of phosphoric ester groups is 4. The Morgan fingerprint density at radius 1 is 0.420 bits per heavy atom. The predicted octanol–water partition coefficient (Wildman–Crippen LogP) is 17.9. The molecule has 0 bridgehead atoms. The Kier molecular flexibility index (Phi) is 73.5. The highest BCUT2D eigenvalue weighted by atomic mass is 32.2. The van der Waals surface area contributed by atoms with Gasteiger partial charge in [-0.25, -0.2) is 27.8 Å². The number of rotatable bonds is 83. The summed E-state index contributed by atoms with van der Waals surface area (Å²) in [5, 5.41) is 13.5. The van der Waals surface area contributed by atoms with E-state index in [1.165, 1.54) is 7.11 Å². The number of thioether (sulfide) groups is 1. The fourth-order valence-electron chi connectivity index (χ4n) is 14.1. The molecule has 0 saturated carbocycles. The SMILES string of the molecule is CCCOCCOCCOCCOP(=O)(OCCCC(=O)OC)OC(C)(C)C.CCOCCOCCOCCOCCOCCOP(=O)(OCCC(CCNC(=O)CCCC1SCC2NC(=O)NC21)OC)OC(C)(C)C.COCCOCCOP(=O)(OCCCCCCCCCC(=O)ON1C(=O)CCC1=O)OC(C)(C)C.COc1ccc(C(NCCOCCOP(=O)(OC(C)C)OC(C)(C)C)(c2ccccc2)c2ccccc2)cc1. The predicted molar refractivity (Wildman–Crippen MR) is 569 cm³/mol. The van der Waals surface area contributed by atoms with E-state index in [2.05, 4.69) is 69.3 Å². The van der Waals surface area contributed by atoms with Crippen LogP contribution in [0.2, 0.25) is 0 Å². The van der Waals surface area contributed by atoms with Gasteiger partial charge in [0.1, 0.15) is 5.75 Å². The third kappa shape index (κ3) is 66.9. The Hall–Kier alpha value is -5.45. The summed E-state index contributed by atoms with van der Waals surface area (Å²) in [6.07, 6.45) is 10.4. The highest BCUT2D eigenvalue weighted by Gasteiger charge is 2.44. The highest BCUT2D eigenvalue weighted by Crippen LogP contribution is 2.56. The van der Waals surface area contributed by atoms with Crippen molar-refractivity contribution in [2.45, 2.75) is 284 Å². The summed E-state index contributed by atoms with van der Waals surface area (Å²) >= 11 is 1.84. The van der Waals surface area contributed by atoms with E-state index in [1.54, 1.807) is 97.5 Å². The van der Waals surface area contributed by atoms with Gasteiger partial charge in [-0.15, -0.1) is 5.06 Å². The van der Waals surface area contributed by atoms with Gasteiger partial charge in [-0.05, 0) is 184 Å². The minimum absolute atomic E-state index is 0.0145. The fraction of sp³-hybridized carbons (Fsp3) is 0.767. The third-order valence-electron chi connectivity index (χ3n) is 20.7. The summed E-state index contributed by atoms with van der Waals surface area (Å²) in [5.41, 5.74) is -0.149. The van der Waals surface area contributed by atoms with E-state index in [-0.39, 0.29) is 141 Å². The number of ether oxygens (including phenoxy) is 14. The molecule has 4 N–H and O–H groups in total. The molecule has 42 nitrogen and oxygen atoms in total. The third-order valence-corrected chi connectivity index (χ3v) is 29.5. The van der Waals surface area contributed by atoms with Crippen molar-refractivity contribution in [3.63, 3.8) is 0 Å². The van der Waals surface area contributed by atoms with Crippen LogP contribution in [-0.2, 0) is 168 Å². The van der Waals surface area contributed by atoms with Gasteiger partial charge in [0.25, 0.3) is 11.8 Å². The zero-order chi connectivity index (χ0) is 111. The molecule has 3 heterocycles. The number of unbranched alkanes of at least 4 members (excludes halogenated alkanes) is 6. The lowest BCUT2D eigenvalue weighted by Gasteiger charge is -2.37. The van der Waals surface area contributed by atoms with Gasteiger partial charge >= 0.3 is 49.3 Å². The van der Waals surface area contributed by atoms with Crippen molar-refractivity contribution in [2.24, 2.45) is 0 Å². The van der Waals surface area contributed by atoms with Crippen LogP contribution in [0.1, 0.15) is 243 Å². The molecule has 5 amide bonds. The number of carbonyl (C=O) groups excluding carboxylic acids is 6. The van der Waals surface area contributed by atoms with Crippen LogP contribution in [0.5, 0.6) is 5.75 Å². The maximum absolute atomic E-state index is 13.3. The fourth-order valence-corrected chi connectivity index (χ4v) is 21.8. The molecular formula is C103H181N5O37P4S. The molecule has 0 spiro atoms. The number of hydroxylamine groups is 2. The molecule has 150 heavy (non-hydrogen) atoms. The summed E-state index contributed by atoms with van der Waals surface area (Å²) in [6.45, 7) is 39.9. The van der Waals surface area contributed by atoms with Crippen molar-refractivity contribution >= 4 is 78.7 Å². The smallest absolute Gasteiger partial charge is 0.475 e. The van der Waals surface area contributed by atoms with E-state index >= 15 is 0 Å². The number of hydrogen-bond acceptors (Lipinski definition) is 39. The monoisotopic (exact) mass is 2240 g/mol. The van der Waals surface area contributed by atoms with Gasteiger partial charge in [0.15, 0.2) is 0 Å². The number of nitrogens with one attached hydrogen (secondary N) is 4. The first-order valence-electron chi connectivity index (χ1n) is 52.2. The van der Waals surface area contributed by atoms with E-state index in [4.69, 9.17) is 121 Å². The molecule has 3 saturated heterocycles. The van der Waals surface area contributed by atoms with Crippen molar-refractivity contribution in [1.82, 2.24) is 26.3 Å². The minimum atomic E-state index is -3.87.